The third kappa shape index (κ3) is 4.78. The van der Waals surface area contributed by atoms with E-state index >= 15 is 0 Å². The smallest absolute Gasteiger partial charge is 0.360 e. The Balaban J connectivity index is 1.63. The Morgan fingerprint density at radius 1 is 1.06 bits per heavy atom. The molecule has 0 amide bonds. The van der Waals surface area contributed by atoms with Crippen molar-refractivity contribution in [1.82, 2.24) is 0 Å². The topological polar surface area (TPSA) is 145 Å². The molecule has 4 rings (SSSR count). The minimum Gasteiger partial charge on any atom is -0.462 e. The maximum absolute atomic E-state index is 12.6. The van der Waals surface area contributed by atoms with Gasteiger partial charge in [-0.2, -0.15) is 0 Å². The predicted molar refractivity (Wildman–Crippen MR) is 127 cm³/mol. The summed E-state index contributed by atoms with van der Waals surface area (Å²) < 4.78 is 49.9. The second kappa shape index (κ2) is 9.25. The van der Waals surface area contributed by atoms with Gasteiger partial charge in [-0.3, -0.25) is 4.72 Å². The first-order valence-electron chi connectivity index (χ1n) is 10.8. The van der Waals surface area contributed by atoms with Crippen molar-refractivity contribution in [2.45, 2.75) is 55.9 Å². The fourth-order valence-electron chi connectivity index (χ4n) is 4.14. The van der Waals surface area contributed by atoms with E-state index in [9.17, 15) is 23.4 Å². The standard InChI is InChI=1S/C24H27NO9S/c1-13-17(32-23-19(27)18(26)21(31-4)24(2,3)34-23)11-10-14-12-16(22(28)33-20(13)14)25-35(29,30)15-8-6-5-7-9-15/h5-12,18-19,21,23,25-27H,1-4H3/t18?,19-,21?,23+/m0/s1. The van der Waals surface area contributed by atoms with E-state index in [0.717, 1.165) is 0 Å². The number of aliphatic hydroxyl groups is 2. The summed E-state index contributed by atoms with van der Waals surface area (Å²) in [6, 6.07) is 12.2. The van der Waals surface area contributed by atoms with Crippen molar-refractivity contribution in [3.8, 4) is 5.75 Å². The average Bonchev–Trinajstić information content (AvgIpc) is 2.80. The first-order chi connectivity index (χ1) is 16.4. The van der Waals surface area contributed by atoms with Gasteiger partial charge in [0.25, 0.3) is 10.0 Å². The van der Waals surface area contributed by atoms with Crippen LogP contribution >= 0.6 is 0 Å². The van der Waals surface area contributed by atoms with Gasteiger partial charge in [-0.05, 0) is 51.1 Å². The third-order valence-electron chi connectivity index (χ3n) is 5.94. The van der Waals surface area contributed by atoms with E-state index < -0.39 is 45.9 Å². The molecule has 188 valence electrons. The molecule has 1 aliphatic rings. The van der Waals surface area contributed by atoms with Crippen LogP contribution < -0.4 is 15.1 Å². The summed E-state index contributed by atoms with van der Waals surface area (Å²) in [6.45, 7) is 5.05. The van der Waals surface area contributed by atoms with Gasteiger partial charge in [-0.15, -0.1) is 0 Å². The van der Waals surface area contributed by atoms with E-state index in [1.807, 2.05) is 0 Å². The Morgan fingerprint density at radius 3 is 2.40 bits per heavy atom. The van der Waals surface area contributed by atoms with Crippen LogP contribution in [0.4, 0.5) is 5.69 Å². The zero-order valence-corrected chi connectivity index (χ0v) is 20.4. The number of nitrogens with one attached hydrogen (secondary N) is 1. The maximum atomic E-state index is 12.6. The predicted octanol–water partition coefficient (Wildman–Crippen LogP) is 2.15. The second-order valence-corrected chi connectivity index (χ2v) is 10.5. The highest BCUT2D eigenvalue weighted by Gasteiger charge is 2.50. The fourth-order valence-corrected chi connectivity index (χ4v) is 5.20. The molecule has 2 unspecified atom stereocenters. The molecule has 10 nitrogen and oxygen atoms in total. The summed E-state index contributed by atoms with van der Waals surface area (Å²) in [5.74, 6) is 0.251. The van der Waals surface area contributed by atoms with Crippen LogP contribution in [0.3, 0.4) is 0 Å². The van der Waals surface area contributed by atoms with Crippen LogP contribution in [-0.2, 0) is 19.5 Å². The molecule has 0 saturated carbocycles. The van der Waals surface area contributed by atoms with Crippen molar-refractivity contribution < 1.29 is 37.3 Å². The molecule has 4 atom stereocenters. The lowest BCUT2D eigenvalue weighted by Crippen LogP contribution is -2.63. The van der Waals surface area contributed by atoms with Gasteiger partial charge in [0.1, 0.15) is 35.3 Å². The molecular formula is C24H27NO9S. The highest BCUT2D eigenvalue weighted by molar-refractivity contribution is 7.92. The van der Waals surface area contributed by atoms with Crippen LogP contribution in [0.5, 0.6) is 5.75 Å². The normalized spacial score (nSPS) is 24.3. The lowest BCUT2D eigenvalue weighted by Gasteiger charge is -2.46. The number of hydrogen-bond donors (Lipinski definition) is 3. The number of anilines is 1. The lowest BCUT2D eigenvalue weighted by atomic mass is 9.89. The molecule has 1 fully saturated rings. The number of sulfonamides is 1. The largest absolute Gasteiger partial charge is 0.462 e. The maximum Gasteiger partial charge on any atom is 0.360 e. The summed E-state index contributed by atoms with van der Waals surface area (Å²) in [5, 5.41) is 21.4. The quantitative estimate of drug-likeness (QED) is 0.429. The molecule has 3 aromatic rings. The van der Waals surface area contributed by atoms with E-state index in [0.29, 0.717) is 10.9 Å². The number of aryl methyl sites for hydroxylation is 1. The van der Waals surface area contributed by atoms with Crippen LogP contribution in [0, 0.1) is 6.92 Å². The first kappa shape index (κ1) is 25.1. The van der Waals surface area contributed by atoms with Crippen molar-refractivity contribution in [1.29, 1.82) is 0 Å². The molecule has 0 aliphatic carbocycles. The average molecular weight is 506 g/mol. The number of hydrogen-bond acceptors (Lipinski definition) is 9. The van der Waals surface area contributed by atoms with Crippen LogP contribution in [0.2, 0.25) is 0 Å². The number of ether oxygens (including phenoxy) is 3. The molecule has 11 heteroatoms. The summed E-state index contributed by atoms with van der Waals surface area (Å²) in [7, 11) is -2.57. The lowest BCUT2D eigenvalue weighted by molar-refractivity contribution is -0.306. The molecule has 0 radical (unpaired) electrons. The Kier molecular flexibility index (Phi) is 6.64. The summed E-state index contributed by atoms with van der Waals surface area (Å²) in [5.41, 5.74) is -1.48. The van der Waals surface area contributed by atoms with Crippen molar-refractivity contribution in [3.05, 3.63) is 64.5 Å². The van der Waals surface area contributed by atoms with Gasteiger partial charge < -0.3 is 28.8 Å². The Morgan fingerprint density at radius 2 is 1.74 bits per heavy atom. The highest BCUT2D eigenvalue weighted by atomic mass is 32.2. The third-order valence-corrected chi connectivity index (χ3v) is 7.32. The fraction of sp³-hybridized carbons (Fsp3) is 0.375. The Bertz CT molecular complexity index is 1390. The minimum absolute atomic E-state index is 0.00582. The summed E-state index contributed by atoms with van der Waals surface area (Å²) in [6.07, 6.45) is -4.64. The highest BCUT2D eigenvalue weighted by Crippen LogP contribution is 2.35. The Labute approximate surface area is 202 Å². The number of fused-ring (bicyclic) bond motifs is 1. The van der Waals surface area contributed by atoms with Crippen LogP contribution in [0.25, 0.3) is 11.0 Å². The molecule has 2 aromatic carbocycles. The monoisotopic (exact) mass is 505 g/mol. The van der Waals surface area contributed by atoms with Gasteiger partial charge in [-0.25, -0.2) is 13.2 Å². The molecule has 1 saturated heterocycles. The van der Waals surface area contributed by atoms with Gasteiger partial charge in [-0.1, -0.05) is 18.2 Å². The van der Waals surface area contributed by atoms with E-state index in [-0.39, 0.29) is 21.9 Å². The van der Waals surface area contributed by atoms with E-state index in [2.05, 4.69) is 4.72 Å². The van der Waals surface area contributed by atoms with Gasteiger partial charge in [0.15, 0.2) is 0 Å². The molecular weight excluding hydrogens is 478 g/mol. The second-order valence-electron chi connectivity index (χ2n) is 8.82. The summed E-state index contributed by atoms with van der Waals surface area (Å²) in [4.78, 5) is 12.6. The van der Waals surface area contributed by atoms with Gasteiger partial charge in [0.05, 0.1) is 10.5 Å². The minimum atomic E-state index is -3.98. The van der Waals surface area contributed by atoms with Crippen molar-refractivity contribution in [2.24, 2.45) is 0 Å². The van der Waals surface area contributed by atoms with Crippen molar-refractivity contribution in [2.75, 3.05) is 11.8 Å². The number of aliphatic hydroxyl groups excluding tert-OH is 2. The summed E-state index contributed by atoms with van der Waals surface area (Å²) >= 11 is 0. The van der Waals surface area contributed by atoms with Crippen LogP contribution in [-0.4, -0.2) is 55.9 Å². The van der Waals surface area contributed by atoms with Crippen molar-refractivity contribution in [3.63, 3.8) is 0 Å². The number of rotatable bonds is 6. The molecule has 2 heterocycles. The van der Waals surface area contributed by atoms with Gasteiger partial charge in [0.2, 0.25) is 6.29 Å². The zero-order valence-electron chi connectivity index (χ0n) is 19.6. The van der Waals surface area contributed by atoms with Crippen molar-refractivity contribution >= 4 is 26.7 Å². The van der Waals surface area contributed by atoms with E-state index in [1.54, 1.807) is 51.1 Å². The molecule has 0 bridgehead atoms. The van der Waals surface area contributed by atoms with Crippen LogP contribution in [0.15, 0.2) is 62.6 Å². The van der Waals surface area contributed by atoms with E-state index in [4.69, 9.17) is 18.6 Å². The molecule has 0 spiro atoms. The molecule has 35 heavy (non-hydrogen) atoms. The molecule has 3 N–H and O–H groups in total. The van der Waals surface area contributed by atoms with Gasteiger partial charge in [0, 0.05) is 18.1 Å². The van der Waals surface area contributed by atoms with E-state index in [1.165, 1.54) is 25.3 Å². The SMILES string of the molecule is COC1C(O)[C@H](O)[C@H](Oc2ccc3cc(NS(=O)(=O)c4ccccc4)c(=O)oc3c2C)OC1(C)C. The Hall–Kier alpha value is -2.96. The number of methoxy groups -OCH3 is 1. The zero-order chi connectivity index (χ0) is 25.5. The van der Waals surface area contributed by atoms with Crippen LogP contribution in [0.1, 0.15) is 19.4 Å². The first-order valence-corrected chi connectivity index (χ1v) is 12.3. The number of benzene rings is 2. The molecule has 1 aliphatic heterocycles. The molecule has 1 aromatic heterocycles. The van der Waals surface area contributed by atoms with Gasteiger partial charge >= 0.3 is 5.63 Å².